The van der Waals surface area contributed by atoms with Crippen molar-refractivity contribution in [3.05, 3.63) is 28.8 Å². The quantitative estimate of drug-likeness (QED) is 0.877. The third-order valence-electron chi connectivity index (χ3n) is 3.84. The van der Waals surface area contributed by atoms with E-state index in [-0.39, 0.29) is 0 Å². The van der Waals surface area contributed by atoms with Gasteiger partial charge in [0.05, 0.1) is 6.61 Å². The first kappa shape index (κ1) is 13.4. The first-order valence-electron chi connectivity index (χ1n) is 7.05. The van der Waals surface area contributed by atoms with E-state index in [0.29, 0.717) is 17.9 Å². The molecule has 2 heteroatoms. The van der Waals surface area contributed by atoms with Crippen molar-refractivity contribution in [2.24, 2.45) is 5.92 Å². The van der Waals surface area contributed by atoms with Crippen LogP contribution in [0.3, 0.4) is 0 Å². The highest BCUT2D eigenvalue weighted by Crippen LogP contribution is 2.42. The van der Waals surface area contributed by atoms with Gasteiger partial charge in [0.25, 0.3) is 0 Å². The summed E-state index contributed by atoms with van der Waals surface area (Å²) in [6.07, 6.45) is 0. The van der Waals surface area contributed by atoms with Crippen molar-refractivity contribution in [2.45, 2.75) is 46.6 Å². The van der Waals surface area contributed by atoms with Gasteiger partial charge in [-0.3, -0.25) is 0 Å². The van der Waals surface area contributed by atoms with Gasteiger partial charge in [-0.2, -0.15) is 0 Å². The van der Waals surface area contributed by atoms with E-state index in [1.54, 1.807) is 0 Å². The van der Waals surface area contributed by atoms with Crippen LogP contribution < -0.4 is 10.1 Å². The van der Waals surface area contributed by atoms with Crippen LogP contribution in [0.25, 0.3) is 0 Å². The molecular formula is C16H25NO. The Balaban J connectivity index is 2.55. The maximum Gasteiger partial charge on any atom is 0.127 e. The zero-order valence-electron chi connectivity index (χ0n) is 12.2. The molecule has 0 saturated carbocycles. The second kappa shape index (κ2) is 5.31. The van der Waals surface area contributed by atoms with E-state index in [9.17, 15) is 0 Å². The maximum absolute atomic E-state index is 5.99. The van der Waals surface area contributed by atoms with Crippen molar-refractivity contribution in [3.63, 3.8) is 0 Å². The maximum atomic E-state index is 5.99. The van der Waals surface area contributed by atoms with Crippen molar-refractivity contribution < 1.29 is 4.74 Å². The fraction of sp³-hybridized carbons (Fsp3) is 0.625. The molecular weight excluding hydrogens is 222 g/mol. The molecule has 100 valence electrons. The van der Waals surface area contributed by atoms with Crippen LogP contribution in [0, 0.1) is 12.8 Å². The lowest BCUT2D eigenvalue weighted by atomic mass is 9.84. The van der Waals surface area contributed by atoms with Crippen LogP contribution in [-0.4, -0.2) is 13.2 Å². The van der Waals surface area contributed by atoms with Crippen LogP contribution in [0.5, 0.6) is 5.75 Å². The number of nitrogens with one attached hydrogen (secondary N) is 1. The molecule has 0 fully saturated rings. The van der Waals surface area contributed by atoms with Gasteiger partial charge < -0.3 is 10.1 Å². The van der Waals surface area contributed by atoms with Gasteiger partial charge >= 0.3 is 0 Å². The molecule has 0 saturated heterocycles. The summed E-state index contributed by atoms with van der Waals surface area (Å²) in [6.45, 7) is 12.9. The minimum absolute atomic E-state index is 0.427. The van der Waals surface area contributed by atoms with Crippen LogP contribution in [0.2, 0.25) is 0 Å². The van der Waals surface area contributed by atoms with Crippen LogP contribution in [-0.2, 0) is 0 Å². The molecule has 2 rings (SSSR count). The summed E-state index contributed by atoms with van der Waals surface area (Å²) in [5.74, 6) is 2.18. The lowest BCUT2D eigenvalue weighted by Gasteiger charge is -2.35. The predicted octanol–water partition coefficient (Wildman–Crippen LogP) is 3.80. The molecule has 0 aliphatic carbocycles. The van der Waals surface area contributed by atoms with Crippen LogP contribution in [0.4, 0.5) is 0 Å². The topological polar surface area (TPSA) is 21.3 Å². The average Bonchev–Trinajstić information content (AvgIpc) is 2.33. The van der Waals surface area contributed by atoms with Crippen molar-refractivity contribution in [3.8, 4) is 5.75 Å². The monoisotopic (exact) mass is 247 g/mol. The number of rotatable bonds is 3. The molecule has 18 heavy (non-hydrogen) atoms. The Morgan fingerprint density at radius 3 is 2.72 bits per heavy atom. The highest BCUT2D eigenvalue weighted by molar-refractivity contribution is 5.50. The van der Waals surface area contributed by atoms with E-state index in [1.165, 1.54) is 16.7 Å². The molecule has 0 spiro atoms. The van der Waals surface area contributed by atoms with Crippen LogP contribution in [0.15, 0.2) is 12.1 Å². The highest BCUT2D eigenvalue weighted by atomic mass is 16.5. The third kappa shape index (κ3) is 2.26. The van der Waals surface area contributed by atoms with Crippen molar-refractivity contribution in [2.75, 3.05) is 13.2 Å². The van der Waals surface area contributed by atoms with Gasteiger partial charge in [0.1, 0.15) is 5.75 Å². The lowest BCUT2D eigenvalue weighted by Crippen LogP contribution is -2.35. The number of fused-ring (bicyclic) bond motifs is 1. The van der Waals surface area contributed by atoms with Gasteiger partial charge in [-0.1, -0.05) is 39.8 Å². The Bertz CT molecular complexity index is 425. The van der Waals surface area contributed by atoms with E-state index in [4.69, 9.17) is 4.74 Å². The summed E-state index contributed by atoms with van der Waals surface area (Å²) < 4.78 is 5.99. The average molecular weight is 247 g/mol. The van der Waals surface area contributed by atoms with Crippen molar-refractivity contribution in [1.29, 1.82) is 0 Å². The Morgan fingerprint density at radius 1 is 1.39 bits per heavy atom. The standard InChI is InChI=1S/C16H25NO/c1-6-17-15-12(5)9-18-16-11(4)7-8-13(10(2)3)14(15)16/h7-8,10,12,15,17H,6,9H2,1-5H3. The zero-order chi connectivity index (χ0) is 13.3. The molecule has 2 nitrogen and oxygen atoms in total. The molecule has 2 unspecified atom stereocenters. The zero-order valence-corrected chi connectivity index (χ0v) is 12.2. The normalized spacial score (nSPS) is 22.8. The van der Waals surface area contributed by atoms with Gasteiger partial charge in [-0.15, -0.1) is 0 Å². The summed E-state index contributed by atoms with van der Waals surface area (Å²) in [4.78, 5) is 0. The summed E-state index contributed by atoms with van der Waals surface area (Å²) in [6, 6.07) is 4.88. The predicted molar refractivity (Wildman–Crippen MR) is 76.3 cm³/mol. The summed E-state index contributed by atoms with van der Waals surface area (Å²) in [5.41, 5.74) is 4.07. The minimum Gasteiger partial charge on any atom is -0.493 e. The van der Waals surface area contributed by atoms with Crippen LogP contribution >= 0.6 is 0 Å². The molecule has 2 atom stereocenters. The molecule has 0 amide bonds. The van der Waals surface area contributed by atoms with Gasteiger partial charge in [-0.05, 0) is 30.5 Å². The first-order chi connectivity index (χ1) is 8.56. The number of hydrogen-bond acceptors (Lipinski definition) is 2. The molecule has 1 N–H and O–H groups in total. The number of benzene rings is 1. The number of ether oxygens (including phenoxy) is 1. The highest BCUT2D eigenvalue weighted by Gasteiger charge is 2.31. The summed E-state index contributed by atoms with van der Waals surface area (Å²) in [7, 11) is 0. The van der Waals surface area contributed by atoms with E-state index >= 15 is 0 Å². The number of hydrogen-bond donors (Lipinski definition) is 1. The molecule has 0 radical (unpaired) electrons. The summed E-state index contributed by atoms with van der Waals surface area (Å²) in [5, 5.41) is 3.63. The molecule has 1 aliphatic heterocycles. The Morgan fingerprint density at radius 2 is 2.11 bits per heavy atom. The second-order valence-corrected chi connectivity index (χ2v) is 5.69. The van der Waals surface area contributed by atoms with E-state index < -0.39 is 0 Å². The van der Waals surface area contributed by atoms with Gasteiger partial charge in [-0.25, -0.2) is 0 Å². The minimum atomic E-state index is 0.427. The number of aryl methyl sites for hydroxylation is 1. The van der Waals surface area contributed by atoms with Gasteiger partial charge in [0.15, 0.2) is 0 Å². The Hall–Kier alpha value is -1.02. The van der Waals surface area contributed by atoms with Crippen molar-refractivity contribution in [1.82, 2.24) is 5.32 Å². The fourth-order valence-corrected chi connectivity index (χ4v) is 2.86. The van der Waals surface area contributed by atoms with Gasteiger partial charge in [0.2, 0.25) is 0 Å². The Labute approximate surface area is 111 Å². The smallest absolute Gasteiger partial charge is 0.127 e. The molecule has 1 aromatic rings. The molecule has 1 aliphatic rings. The summed E-state index contributed by atoms with van der Waals surface area (Å²) >= 11 is 0. The lowest BCUT2D eigenvalue weighted by molar-refractivity contribution is 0.187. The second-order valence-electron chi connectivity index (χ2n) is 5.69. The third-order valence-corrected chi connectivity index (χ3v) is 3.84. The molecule has 0 aromatic heterocycles. The molecule has 1 heterocycles. The molecule has 0 bridgehead atoms. The molecule has 1 aromatic carbocycles. The Kier molecular flexibility index (Phi) is 3.96. The fourth-order valence-electron chi connectivity index (χ4n) is 2.86. The largest absolute Gasteiger partial charge is 0.493 e. The first-order valence-corrected chi connectivity index (χ1v) is 7.05. The van der Waals surface area contributed by atoms with E-state index in [1.807, 2.05) is 0 Å². The van der Waals surface area contributed by atoms with Gasteiger partial charge in [0, 0.05) is 17.5 Å². The van der Waals surface area contributed by atoms with Crippen molar-refractivity contribution >= 4 is 0 Å². The SMILES string of the molecule is CCNC1c2c(C(C)C)ccc(C)c2OCC1C. The van der Waals surface area contributed by atoms with E-state index in [0.717, 1.165) is 18.9 Å². The van der Waals surface area contributed by atoms with Crippen LogP contribution in [0.1, 0.15) is 56.3 Å². The van der Waals surface area contributed by atoms with E-state index in [2.05, 4.69) is 52.1 Å².